The van der Waals surface area contributed by atoms with Gasteiger partial charge in [-0.3, -0.25) is 0 Å². The average molecular weight is 220 g/mol. The molecule has 0 saturated heterocycles. The molecule has 2 N–H and O–H groups in total. The van der Waals surface area contributed by atoms with Gasteiger partial charge in [0.2, 0.25) is 19.8 Å². The van der Waals surface area contributed by atoms with Crippen molar-refractivity contribution in [1.82, 2.24) is 9.96 Å². The molecule has 0 amide bonds. The zero-order valence-corrected chi connectivity index (χ0v) is 12.7. The van der Waals surface area contributed by atoms with Crippen molar-refractivity contribution in [3.05, 3.63) is 0 Å². The molecule has 0 aromatic heterocycles. The molecule has 0 heterocycles. The summed E-state index contributed by atoms with van der Waals surface area (Å²) in [7, 11) is -1.03. The Balaban J connectivity index is 3.28. The van der Waals surface area contributed by atoms with Gasteiger partial charge < -0.3 is 14.1 Å². The van der Waals surface area contributed by atoms with E-state index in [-0.39, 0.29) is 11.1 Å². The number of hydrogen-bond acceptors (Lipinski definition) is 3. The van der Waals surface area contributed by atoms with Crippen LogP contribution in [0.3, 0.4) is 0 Å². The zero-order valence-electron chi connectivity index (χ0n) is 9.82. The SMILES string of the molecule is CC(C)(C)N[SiH2]O[SiH2]NC(C)(C)C. The maximum absolute atomic E-state index is 5.64. The second kappa shape index (κ2) is 5.26. The zero-order chi connectivity index (χ0) is 10.5. The molecule has 0 atom stereocenters. The minimum absolute atomic E-state index is 0.211. The molecule has 80 valence electrons. The van der Waals surface area contributed by atoms with E-state index in [1.165, 1.54) is 0 Å². The molecule has 0 aliphatic rings. The first-order chi connectivity index (χ1) is 5.71. The normalized spacial score (nSPS) is 15.2. The number of nitrogens with one attached hydrogen (secondary N) is 2. The van der Waals surface area contributed by atoms with Gasteiger partial charge in [0, 0.05) is 11.1 Å². The summed E-state index contributed by atoms with van der Waals surface area (Å²) in [6.07, 6.45) is 0. The van der Waals surface area contributed by atoms with Crippen LogP contribution in [0.4, 0.5) is 0 Å². The van der Waals surface area contributed by atoms with Gasteiger partial charge in [-0.15, -0.1) is 0 Å². The fourth-order valence-corrected chi connectivity index (χ4v) is 2.68. The van der Waals surface area contributed by atoms with Crippen molar-refractivity contribution in [1.29, 1.82) is 0 Å². The highest BCUT2D eigenvalue weighted by molar-refractivity contribution is 6.39. The molecular weight excluding hydrogens is 196 g/mol. The fourth-order valence-electron chi connectivity index (χ4n) is 0.586. The van der Waals surface area contributed by atoms with E-state index in [9.17, 15) is 0 Å². The van der Waals surface area contributed by atoms with E-state index in [1.54, 1.807) is 0 Å². The second-order valence-corrected chi connectivity index (χ2v) is 8.26. The fraction of sp³-hybridized carbons (Fsp3) is 1.00. The summed E-state index contributed by atoms with van der Waals surface area (Å²) in [5.74, 6) is 0. The minimum atomic E-state index is -0.513. The molecule has 0 bridgehead atoms. The smallest absolute Gasteiger partial charge is 0.225 e. The lowest BCUT2D eigenvalue weighted by atomic mass is 10.1. The summed E-state index contributed by atoms with van der Waals surface area (Å²) in [4.78, 5) is 6.84. The molecule has 0 fully saturated rings. The van der Waals surface area contributed by atoms with Crippen molar-refractivity contribution in [2.75, 3.05) is 0 Å². The third-order valence-corrected chi connectivity index (χ3v) is 5.45. The summed E-state index contributed by atoms with van der Waals surface area (Å²) in [5, 5.41) is 0. The summed E-state index contributed by atoms with van der Waals surface area (Å²) in [6, 6.07) is 0. The monoisotopic (exact) mass is 220 g/mol. The molecule has 3 nitrogen and oxygen atoms in total. The topological polar surface area (TPSA) is 33.3 Å². The van der Waals surface area contributed by atoms with E-state index < -0.39 is 19.8 Å². The summed E-state index contributed by atoms with van der Waals surface area (Å²) < 4.78 is 5.64. The highest BCUT2D eigenvalue weighted by atomic mass is 28.3. The molecule has 0 aliphatic heterocycles. The first-order valence-electron chi connectivity index (χ1n) is 4.78. The average Bonchev–Trinajstić information content (AvgIpc) is 1.81. The van der Waals surface area contributed by atoms with Gasteiger partial charge in [-0.05, 0) is 41.5 Å². The van der Waals surface area contributed by atoms with Crippen LogP contribution in [0.25, 0.3) is 0 Å². The molecule has 13 heavy (non-hydrogen) atoms. The number of hydrogen-bond donors (Lipinski definition) is 2. The van der Waals surface area contributed by atoms with Crippen LogP contribution in [0.5, 0.6) is 0 Å². The van der Waals surface area contributed by atoms with Crippen LogP contribution >= 0.6 is 0 Å². The molecule has 0 radical (unpaired) electrons. The third-order valence-electron chi connectivity index (χ3n) is 1.41. The quantitative estimate of drug-likeness (QED) is 0.508. The van der Waals surface area contributed by atoms with Crippen molar-refractivity contribution < 1.29 is 4.12 Å². The molecule has 0 aromatic rings. The highest BCUT2D eigenvalue weighted by Gasteiger charge is 2.10. The first-order valence-corrected chi connectivity index (χ1v) is 7.35. The summed E-state index contributed by atoms with van der Waals surface area (Å²) in [5.41, 5.74) is 0.421. The van der Waals surface area contributed by atoms with Crippen molar-refractivity contribution in [2.45, 2.75) is 52.6 Å². The predicted octanol–water partition coefficient (Wildman–Crippen LogP) is -0.223. The van der Waals surface area contributed by atoms with Gasteiger partial charge in [0.25, 0.3) is 0 Å². The van der Waals surface area contributed by atoms with Gasteiger partial charge in [-0.25, -0.2) is 0 Å². The van der Waals surface area contributed by atoms with Crippen LogP contribution in [-0.2, 0) is 4.12 Å². The van der Waals surface area contributed by atoms with Crippen LogP contribution in [0, 0.1) is 0 Å². The van der Waals surface area contributed by atoms with Crippen LogP contribution in [-0.4, -0.2) is 30.9 Å². The minimum Gasteiger partial charge on any atom is -0.442 e. The lowest BCUT2D eigenvalue weighted by Crippen LogP contribution is -2.45. The predicted molar refractivity (Wildman–Crippen MR) is 64.0 cm³/mol. The molecule has 0 unspecified atom stereocenters. The van der Waals surface area contributed by atoms with Gasteiger partial charge in [0.15, 0.2) is 0 Å². The third kappa shape index (κ3) is 12.3. The maximum atomic E-state index is 5.64. The second-order valence-electron chi connectivity index (χ2n) is 5.35. The van der Waals surface area contributed by atoms with Crippen LogP contribution in [0.1, 0.15) is 41.5 Å². The Bertz CT molecular complexity index is 124. The Morgan fingerprint density at radius 2 is 1.08 bits per heavy atom. The first kappa shape index (κ1) is 13.3. The Labute approximate surface area is 87.1 Å². The van der Waals surface area contributed by atoms with E-state index in [0.717, 1.165) is 0 Å². The van der Waals surface area contributed by atoms with Crippen molar-refractivity contribution in [2.24, 2.45) is 0 Å². The van der Waals surface area contributed by atoms with Gasteiger partial charge in [0.05, 0.1) is 0 Å². The molecule has 0 rings (SSSR count). The van der Waals surface area contributed by atoms with Crippen LogP contribution < -0.4 is 9.96 Å². The maximum Gasteiger partial charge on any atom is 0.225 e. The largest absolute Gasteiger partial charge is 0.442 e. The van der Waals surface area contributed by atoms with Crippen molar-refractivity contribution in [3.63, 3.8) is 0 Å². The Morgan fingerprint density at radius 1 is 0.769 bits per heavy atom. The van der Waals surface area contributed by atoms with E-state index >= 15 is 0 Å². The summed E-state index contributed by atoms with van der Waals surface area (Å²) >= 11 is 0. The summed E-state index contributed by atoms with van der Waals surface area (Å²) in [6.45, 7) is 13.0. The molecule has 5 heteroatoms. The van der Waals surface area contributed by atoms with E-state index in [2.05, 4.69) is 51.5 Å². The molecule has 0 aromatic carbocycles. The molecular formula is C8H24N2OSi2. The van der Waals surface area contributed by atoms with Gasteiger partial charge in [-0.2, -0.15) is 0 Å². The van der Waals surface area contributed by atoms with Crippen molar-refractivity contribution in [3.8, 4) is 0 Å². The lowest BCUT2D eigenvalue weighted by Gasteiger charge is -2.23. The van der Waals surface area contributed by atoms with Crippen molar-refractivity contribution >= 4 is 19.8 Å². The molecule has 0 saturated carbocycles. The van der Waals surface area contributed by atoms with Crippen LogP contribution in [0.2, 0.25) is 0 Å². The Kier molecular flexibility index (Phi) is 5.38. The molecule has 0 aliphatic carbocycles. The molecule has 0 spiro atoms. The Hall–Kier alpha value is 0.314. The Morgan fingerprint density at radius 3 is 1.31 bits per heavy atom. The van der Waals surface area contributed by atoms with Gasteiger partial charge in [-0.1, -0.05) is 0 Å². The number of rotatable bonds is 4. The van der Waals surface area contributed by atoms with Crippen LogP contribution in [0.15, 0.2) is 0 Å². The lowest BCUT2D eigenvalue weighted by molar-refractivity contribution is 0.460. The highest BCUT2D eigenvalue weighted by Crippen LogP contribution is 1.97. The van der Waals surface area contributed by atoms with E-state index in [0.29, 0.717) is 0 Å². The van der Waals surface area contributed by atoms with Gasteiger partial charge >= 0.3 is 0 Å². The van der Waals surface area contributed by atoms with E-state index in [1.807, 2.05) is 0 Å². The van der Waals surface area contributed by atoms with E-state index in [4.69, 9.17) is 4.12 Å². The van der Waals surface area contributed by atoms with Gasteiger partial charge in [0.1, 0.15) is 0 Å². The standard InChI is InChI=1S/C8H24N2OSi2/c1-7(2,3)9-12-11-13-10-8(4,5)6/h9-10H,12-13H2,1-6H3.